The van der Waals surface area contributed by atoms with Crippen LogP contribution in [0.2, 0.25) is 0 Å². The molecule has 0 aliphatic heterocycles. The monoisotopic (exact) mass is 178 g/mol. The number of aryl methyl sites for hydroxylation is 1. The molecule has 0 spiro atoms. The number of ether oxygens (including phenoxy) is 1. The lowest BCUT2D eigenvalue weighted by molar-refractivity contribution is 0.415. The Labute approximate surface area is 74.5 Å². The van der Waals surface area contributed by atoms with E-state index in [-0.39, 0.29) is 5.56 Å². The second kappa shape index (κ2) is 2.65. The quantitative estimate of drug-likeness (QED) is 0.688. The second-order valence-electron chi connectivity index (χ2n) is 2.95. The molecule has 68 valence electrons. The minimum absolute atomic E-state index is 0.114. The molecule has 0 amide bonds. The zero-order valence-corrected chi connectivity index (χ0v) is 7.47. The normalized spacial score (nSPS) is 10.6. The summed E-state index contributed by atoms with van der Waals surface area (Å²) in [6.45, 7) is 1.93. The third-order valence-electron chi connectivity index (χ3n) is 2.09. The molecule has 0 atom stereocenters. The fourth-order valence-electron chi connectivity index (χ4n) is 1.40. The Hall–Kier alpha value is -1.71. The Kier molecular flexibility index (Phi) is 1.62. The number of aromatic nitrogens is 2. The summed E-state index contributed by atoms with van der Waals surface area (Å²) in [5, 5.41) is 5.98. The van der Waals surface area contributed by atoms with Crippen molar-refractivity contribution in [3.05, 3.63) is 28.0 Å². The van der Waals surface area contributed by atoms with Crippen molar-refractivity contribution in [2.45, 2.75) is 6.92 Å². The summed E-state index contributed by atoms with van der Waals surface area (Å²) in [6, 6.07) is 3.60. The van der Waals surface area contributed by atoms with Gasteiger partial charge in [0.05, 0.1) is 18.0 Å². The first-order valence-corrected chi connectivity index (χ1v) is 3.97. The highest BCUT2D eigenvalue weighted by atomic mass is 16.5. The van der Waals surface area contributed by atoms with Crippen molar-refractivity contribution in [3.63, 3.8) is 0 Å². The van der Waals surface area contributed by atoms with Crippen LogP contribution in [0.1, 0.15) is 5.56 Å². The van der Waals surface area contributed by atoms with Gasteiger partial charge in [-0.25, -0.2) is 0 Å². The van der Waals surface area contributed by atoms with Crippen molar-refractivity contribution < 1.29 is 4.74 Å². The number of rotatable bonds is 1. The number of aromatic amines is 2. The lowest BCUT2D eigenvalue weighted by atomic mass is 10.1. The van der Waals surface area contributed by atoms with Crippen LogP contribution < -0.4 is 10.3 Å². The van der Waals surface area contributed by atoms with Crippen LogP contribution in [0.25, 0.3) is 10.9 Å². The molecule has 13 heavy (non-hydrogen) atoms. The van der Waals surface area contributed by atoms with Crippen LogP contribution in [0.4, 0.5) is 0 Å². The molecule has 0 bridgehead atoms. The third kappa shape index (κ3) is 1.11. The summed E-state index contributed by atoms with van der Waals surface area (Å²) in [6.07, 6.45) is 0. The predicted octanol–water partition coefficient (Wildman–Crippen LogP) is 1.17. The van der Waals surface area contributed by atoms with E-state index in [0.717, 1.165) is 11.1 Å². The maximum Gasteiger partial charge on any atom is 0.271 e. The van der Waals surface area contributed by atoms with Crippen LogP contribution in [0.5, 0.6) is 5.75 Å². The Bertz CT molecular complexity index is 496. The first kappa shape index (κ1) is 7.91. The number of H-pyrrole nitrogens is 2. The van der Waals surface area contributed by atoms with E-state index in [2.05, 4.69) is 10.2 Å². The molecular formula is C9H10N2O2. The van der Waals surface area contributed by atoms with E-state index in [1.807, 2.05) is 13.0 Å². The van der Waals surface area contributed by atoms with Crippen LogP contribution in [-0.2, 0) is 0 Å². The van der Waals surface area contributed by atoms with Gasteiger partial charge in [-0.2, -0.15) is 0 Å². The summed E-state index contributed by atoms with van der Waals surface area (Å²) < 4.78 is 5.06. The van der Waals surface area contributed by atoms with Crippen molar-refractivity contribution in [2.75, 3.05) is 7.11 Å². The van der Waals surface area contributed by atoms with Gasteiger partial charge in [-0.15, -0.1) is 0 Å². The average Bonchev–Trinajstić information content (AvgIpc) is 2.48. The standard InChI is InChI=1S/C9H10N2O2/c1-5-3-6(13-2)4-7-8(5)10-11-9(7)12/h3-4H,1-2H3,(H2,10,11,12). The maximum absolute atomic E-state index is 11.3. The molecule has 2 rings (SSSR count). The van der Waals surface area contributed by atoms with Crippen molar-refractivity contribution >= 4 is 10.9 Å². The fraction of sp³-hybridized carbons (Fsp3) is 0.222. The van der Waals surface area contributed by atoms with Gasteiger partial charge in [0.15, 0.2) is 0 Å². The molecule has 4 nitrogen and oxygen atoms in total. The molecule has 0 saturated heterocycles. The second-order valence-corrected chi connectivity index (χ2v) is 2.95. The molecule has 0 saturated carbocycles. The molecule has 0 unspecified atom stereocenters. The highest BCUT2D eigenvalue weighted by Crippen LogP contribution is 2.20. The molecule has 4 heteroatoms. The number of hydrogen-bond donors (Lipinski definition) is 2. The van der Waals surface area contributed by atoms with Crippen LogP contribution in [0.15, 0.2) is 16.9 Å². The van der Waals surface area contributed by atoms with Gasteiger partial charge in [-0.1, -0.05) is 0 Å². The van der Waals surface area contributed by atoms with E-state index in [1.54, 1.807) is 13.2 Å². The lowest BCUT2D eigenvalue weighted by Crippen LogP contribution is -1.97. The molecule has 1 aromatic carbocycles. The zero-order chi connectivity index (χ0) is 9.42. The van der Waals surface area contributed by atoms with E-state index >= 15 is 0 Å². The van der Waals surface area contributed by atoms with Gasteiger partial charge in [-0.3, -0.25) is 15.0 Å². The van der Waals surface area contributed by atoms with Crippen molar-refractivity contribution in [3.8, 4) is 5.75 Å². The molecule has 0 aliphatic rings. The van der Waals surface area contributed by atoms with Gasteiger partial charge >= 0.3 is 0 Å². The number of hydrogen-bond acceptors (Lipinski definition) is 2. The van der Waals surface area contributed by atoms with E-state index in [4.69, 9.17) is 4.74 Å². The van der Waals surface area contributed by atoms with Gasteiger partial charge in [0, 0.05) is 0 Å². The first-order valence-electron chi connectivity index (χ1n) is 3.97. The van der Waals surface area contributed by atoms with Crippen molar-refractivity contribution in [1.82, 2.24) is 10.2 Å². The SMILES string of the molecule is COc1cc(C)c2[nH][nH]c(=O)c2c1. The van der Waals surface area contributed by atoms with Crippen LogP contribution in [0.3, 0.4) is 0 Å². The van der Waals surface area contributed by atoms with Crippen LogP contribution in [-0.4, -0.2) is 17.3 Å². The third-order valence-corrected chi connectivity index (χ3v) is 2.09. The highest BCUT2D eigenvalue weighted by molar-refractivity contribution is 5.82. The molecule has 1 aromatic heterocycles. The van der Waals surface area contributed by atoms with Gasteiger partial charge in [-0.05, 0) is 24.6 Å². The summed E-state index contributed by atoms with van der Waals surface area (Å²) >= 11 is 0. The number of benzene rings is 1. The topological polar surface area (TPSA) is 57.9 Å². The van der Waals surface area contributed by atoms with E-state index < -0.39 is 0 Å². The summed E-state index contributed by atoms with van der Waals surface area (Å²) in [5.74, 6) is 0.704. The Morgan fingerprint density at radius 2 is 2.08 bits per heavy atom. The predicted molar refractivity (Wildman–Crippen MR) is 50.2 cm³/mol. The molecule has 2 N–H and O–H groups in total. The molecular weight excluding hydrogens is 168 g/mol. The minimum atomic E-state index is -0.114. The summed E-state index contributed by atoms with van der Waals surface area (Å²) in [5.41, 5.74) is 1.72. The van der Waals surface area contributed by atoms with E-state index in [1.165, 1.54) is 0 Å². The number of nitrogens with one attached hydrogen (secondary N) is 2. The minimum Gasteiger partial charge on any atom is -0.497 e. The first-order chi connectivity index (χ1) is 6.22. The summed E-state index contributed by atoms with van der Waals surface area (Å²) in [4.78, 5) is 11.3. The summed E-state index contributed by atoms with van der Waals surface area (Å²) in [7, 11) is 1.58. The number of methoxy groups -OCH3 is 1. The Morgan fingerprint density at radius 1 is 1.31 bits per heavy atom. The van der Waals surface area contributed by atoms with Gasteiger partial charge in [0.1, 0.15) is 5.75 Å². The largest absolute Gasteiger partial charge is 0.497 e. The maximum atomic E-state index is 11.3. The van der Waals surface area contributed by atoms with Crippen LogP contribution in [0, 0.1) is 6.92 Å². The van der Waals surface area contributed by atoms with Gasteiger partial charge in [0.25, 0.3) is 5.56 Å². The molecule has 0 radical (unpaired) electrons. The number of fused-ring (bicyclic) bond motifs is 1. The molecule has 0 aliphatic carbocycles. The molecule has 1 heterocycles. The average molecular weight is 178 g/mol. The van der Waals surface area contributed by atoms with E-state index in [0.29, 0.717) is 11.1 Å². The molecule has 0 fully saturated rings. The zero-order valence-electron chi connectivity index (χ0n) is 7.47. The van der Waals surface area contributed by atoms with E-state index in [9.17, 15) is 4.79 Å². The van der Waals surface area contributed by atoms with Crippen molar-refractivity contribution in [1.29, 1.82) is 0 Å². The fourth-order valence-corrected chi connectivity index (χ4v) is 1.40. The smallest absolute Gasteiger partial charge is 0.271 e. The molecule has 2 aromatic rings. The lowest BCUT2D eigenvalue weighted by Gasteiger charge is -2.00. The highest BCUT2D eigenvalue weighted by Gasteiger charge is 2.05. The van der Waals surface area contributed by atoms with Crippen LogP contribution >= 0.6 is 0 Å². The Balaban J connectivity index is 2.88. The van der Waals surface area contributed by atoms with Gasteiger partial charge < -0.3 is 4.74 Å². The van der Waals surface area contributed by atoms with Gasteiger partial charge in [0.2, 0.25) is 0 Å². The Morgan fingerprint density at radius 3 is 2.77 bits per heavy atom. The van der Waals surface area contributed by atoms with Crippen molar-refractivity contribution in [2.24, 2.45) is 0 Å².